The maximum Gasteiger partial charge on any atom is 0.0274 e. The quantitative estimate of drug-likeness (QED) is 0.649. The lowest BCUT2D eigenvalue weighted by atomic mass is 9.89. The summed E-state index contributed by atoms with van der Waals surface area (Å²) in [6.45, 7) is 4.43. The van der Waals surface area contributed by atoms with Gasteiger partial charge < -0.3 is 0 Å². The SMILES string of the molecule is CC(C)(CCl)CCc1ccsc1. The Morgan fingerprint density at radius 2 is 2.25 bits per heavy atom. The van der Waals surface area contributed by atoms with E-state index in [1.165, 1.54) is 12.0 Å². The molecule has 0 bridgehead atoms. The molecule has 1 rings (SSSR count). The average molecular weight is 203 g/mol. The standard InChI is InChI=1S/C10H15ClS/c1-10(2,8-11)5-3-9-4-6-12-7-9/h4,6-7H,3,5,8H2,1-2H3. The van der Waals surface area contributed by atoms with Gasteiger partial charge in [-0.1, -0.05) is 13.8 Å². The Balaban J connectivity index is 2.36. The van der Waals surface area contributed by atoms with Gasteiger partial charge in [0.05, 0.1) is 0 Å². The molecule has 0 fully saturated rings. The lowest BCUT2D eigenvalue weighted by Gasteiger charge is -2.20. The van der Waals surface area contributed by atoms with Crippen molar-refractivity contribution in [1.29, 1.82) is 0 Å². The van der Waals surface area contributed by atoms with Crippen molar-refractivity contribution in [3.63, 3.8) is 0 Å². The summed E-state index contributed by atoms with van der Waals surface area (Å²) >= 11 is 7.60. The van der Waals surface area contributed by atoms with Crippen molar-refractivity contribution in [2.45, 2.75) is 26.7 Å². The first-order valence-electron chi connectivity index (χ1n) is 4.21. The van der Waals surface area contributed by atoms with Gasteiger partial charge in [-0.25, -0.2) is 0 Å². The number of rotatable bonds is 4. The zero-order chi connectivity index (χ0) is 9.03. The molecule has 68 valence electrons. The summed E-state index contributed by atoms with van der Waals surface area (Å²) in [4.78, 5) is 0. The van der Waals surface area contributed by atoms with Crippen LogP contribution in [0.15, 0.2) is 16.8 Å². The van der Waals surface area contributed by atoms with Gasteiger partial charge in [0.1, 0.15) is 0 Å². The molecule has 0 amide bonds. The van der Waals surface area contributed by atoms with Gasteiger partial charge in [0, 0.05) is 5.88 Å². The number of aryl methyl sites for hydroxylation is 1. The summed E-state index contributed by atoms with van der Waals surface area (Å²) < 4.78 is 0. The molecule has 0 N–H and O–H groups in total. The Labute approximate surface area is 83.6 Å². The molecule has 0 spiro atoms. The van der Waals surface area contributed by atoms with Crippen LogP contribution in [-0.4, -0.2) is 5.88 Å². The second kappa shape index (κ2) is 4.29. The molecule has 0 radical (unpaired) electrons. The molecule has 0 aliphatic carbocycles. The van der Waals surface area contributed by atoms with Crippen molar-refractivity contribution in [3.8, 4) is 0 Å². The molecule has 0 atom stereocenters. The van der Waals surface area contributed by atoms with Gasteiger partial charge in [-0.3, -0.25) is 0 Å². The van der Waals surface area contributed by atoms with Crippen molar-refractivity contribution in [3.05, 3.63) is 22.4 Å². The van der Waals surface area contributed by atoms with Crippen molar-refractivity contribution >= 4 is 22.9 Å². The monoisotopic (exact) mass is 202 g/mol. The fraction of sp³-hybridized carbons (Fsp3) is 0.600. The van der Waals surface area contributed by atoms with E-state index in [-0.39, 0.29) is 5.41 Å². The van der Waals surface area contributed by atoms with E-state index in [0.717, 1.165) is 12.3 Å². The molecule has 0 saturated carbocycles. The number of halogens is 1. The fourth-order valence-electron chi connectivity index (χ4n) is 0.984. The van der Waals surface area contributed by atoms with E-state index in [1.807, 2.05) is 0 Å². The van der Waals surface area contributed by atoms with Crippen LogP contribution in [0, 0.1) is 5.41 Å². The Hall–Kier alpha value is -0.0100. The summed E-state index contributed by atoms with van der Waals surface area (Å²) in [5.41, 5.74) is 1.72. The molecule has 0 aromatic carbocycles. The molecule has 1 heterocycles. The predicted octanol–water partition coefficient (Wildman–Crippen LogP) is 3.95. The maximum absolute atomic E-state index is 5.84. The predicted molar refractivity (Wildman–Crippen MR) is 57.1 cm³/mol. The highest BCUT2D eigenvalue weighted by Gasteiger charge is 2.15. The fourth-order valence-corrected chi connectivity index (χ4v) is 1.82. The second-order valence-corrected chi connectivity index (χ2v) is 4.98. The summed E-state index contributed by atoms with van der Waals surface area (Å²) in [7, 11) is 0. The molecule has 0 aliphatic rings. The smallest absolute Gasteiger partial charge is 0.0274 e. The third-order valence-corrected chi connectivity index (χ3v) is 3.49. The molecular formula is C10H15ClS. The number of thiophene rings is 1. The van der Waals surface area contributed by atoms with E-state index in [1.54, 1.807) is 11.3 Å². The zero-order valence-corrected chi connectivity index (χ0v) is 9.21. The van der Waals surface area contributed by atoms with Gasteiger partial charge in [0.2, 0.25) is 0 Å². The zero-order valence-electron chi connectivity index (χ0n) is 7.64. The van der Waals surface area contributed by atoms with E-state index >= 15 is 0 Å². The molecule has 1 aromatic rings. The van der Waals surface area contributed by atoms with E-state index in [0.29, 0.717) is 0 Å². The molecule has 0 nitrogen and oxygen atoms in total. The van der Waals surface area contributed by atoms with Gasteiger partial charge in [0.15, 0.2) is 0 Å². The summed E-state index contributed by atoms with van der Waals surface area (Å²) in [6, 6.07) is 2.19. The van der Waals surface area contributed by atoms with Crippen molar-refractivity contribution in [2.75, 3.05) is 5.88 Å². The van der Waals surface area contributed by atoms with Crippen LogP contribution < -0.4 is 0 Å². The Bertz CT molecular complexity index is 214. The lowest BCUT2D eigenvalue weighted by Crippen LogP contribution is -2.13. The largest absolute Gasteiger partial charge is 0.152 e. The summed E-state index contributed by atoms with van der Waals surface area (Å²) in [5.74, 6) is 0.747. The van der Waals surface area contributed by atoms with Crippen LogP contribution in [0.4, 0.5) is 0 Å². The molecule has 1 aromatic heterocycles. The number of alkyl halides is 1. The number of hydrogen-bond donors (Lipinski definition) is 0. The first-order chi connectivity index (χ1) is 5.64. The Morgan fingerprint density at radius 3 is 2.75 bits per heavy atom. The summed E-state index contributed by atoms with van der Waals surface area (Å²) in [5, 5.41) is 4.34. The van der Waals surface area contributed by atoms with Crippen LogP contribution in [0.2, 0.25) is 0 Å². The third kappa shape index (κ3) is 3.16. The van der Waals surface area contributed by atoms with Crippen LogP contribution in [0.25, 0.3) is 0 Å². The maximum atomic E-state index is 5.84. The first kappa shape index (κ1) is 10.1. The topological polar surface area (TPSA) is 0 Å². The molecule has 12 heavy (non-hydrogen) atoms. The summed E-state index contributed by atoms with van der Waals surface area (Å²) in [6.07, 6.45) is 2.33. The van der Waals surface area contributed by atoms with E-state index in [2.05, 4.69) is 30.7 Å². The molecule has 0 unspecified atom stereocenters. The molecule has 0 aliphatic heterocycles. The molecule has 0 saturated heterocycles. The first-order valence-corrected chi connectivity index (χ1v) is 5.69. The van der Waals surface area contributed by atoms with Crippen LogP contribution in [0.1, 0.15) is 25.8 Å². The van der Waals surface area contributed by atoms with Crippen molar-refractivity contribution in [2.24, 2.45) is 5.41 Å². The minimum Gasteiger partial charge on any atom is -0.152 e. The Morgan fingerprint density at radius 1 is 1.50 bits per heavy atom. The minimum absolute atomic E-state index is 0.281. The minimum atomic E-state index is 0.281. The second-order valence-electron chi connectivity index (χ2n) is 3.93. The van der Waals surface area contributed by atoms with E-state index < -0.39 is 0 Å². The van der Waals surface area contributed by atoms with Crippen LogP contribution in [0.5, 0.6) is 0 Å². The molecule has 2 heteroatoms. The average Bonchev–Trinajstić information content (AvgIpc) is 2.53. The van der Waals surface area contributed by atoms with Gasteiger partial charge in [-0.2, -0.15) is 11.3 Å². The normalized spacial score (nSPS) is 11.9. The highest BCUT2D eigenvalue weighted by Crippen LogP contribution is 2.24. The Kier molecular flexibility index (Phi) is 3.60. The van der Waals surface area contributed by atoms with E-state index in [9.17, 15) is 0 Å². The van der Waals surface area contributed by atoms with Gasteiger partial charge >= 0.3 is 0 Å². The highest BCUT2D eigenvalue weighted by atomic mass is 35.5. The van der Waals surface area contributed by atoms with Gasteiger partial charge in [-0.15, -0.1) is 11.6 Å². The van der Waals surface area contributed by atoms with Crippen molar-refractivity contribution in [1.82, 2.24) is 0 Å². The van der Waals surface area contributed by atoms with Crippen LogP contribution >= 0.6 is 22.9 Å². The number of hydrogen-bond acceptors (Lipinski definition) is 1. The molecular weight excluding hydrogens is 188 g/mol. The van der Waals surface area contributed by atoms with Gasteiger partial charge in [0.25, 0.3) is 0 Å². The van der Waals surface area contributed by atoms with Crippen molar-refractivity contribution < 1.29 is 0 Å². The van der Waals surface area contributed by atoms with Crippen LogP contribution in [-0.2, 0) is 6.42 Å². The highest BCUT2D eigenvalue weighted by molar-refractivity contribution is 7.07. The lowest BCUT2D eigenvalue weighted by molar-refractivity contribution is 0.385. The third-order valence-electron chi connectivity index (χ3n) is 2.03. The van der Waals surface area contributed by atoms with E-state index in [4.69, 9.17) is 11.6 Å². The van der Waals surface area contributed by atoms with Gasteiger partial charge in [-0.05, 0) is 40.6 Å². The van der Waals surface area contributed by atoms with Crippen LogP contribution in [0.3, 0.4) is 0 Å².